The Balaban J connectivity index is 2.20. The van der Waals surface area contributed by atoms with Crippen LogP contribution in [0, 0.1) is 11.7 Å². The van der Waals surface area contributed by atoms with Crippen LogP contribution in [0.25, 0.3) is 0 Å². The van der Waals surface area contributed by atoms with E-state index >= 15 is 0 Å². The van der Waals surface area contributed by atoms with Gasteiger partial charge < -0.3 is 15.8 Å². The number of hydrogen-bond acceptors (Lipinski definition) is 5. The van der Waals surface area contributed by atoms with Gasteiger partial charge in [-0.15, -0.1) is 0 Å². The van der Waals surface area contributed by atoms with Gasteiger partial charge in [0.2, 0.25) is 5.95 Å². The first-order valence-corrected chi connectivity index (χ1v) is 5.69. The van der Waals surface area contributed by atoms with Gasteiger partial charge in [0.25, 0.3) is 0 Å². The molecule has 0 saturated heterocycles. The van der Waals surface area contributed by atoms with Crippen LogP contribution in [0.2, 0.25) is 0 Å². The van der Waals surface area contributed by atoms with Crippen molar-refractivity contribution in [2.45, 2.75) is 20.3 Å². The molecule has 96 valence electrons. The van der Waals surface area contributed by atoms with E-state index in [4.69, 9.17) is 10.5 Å². The minimum Gasteiger partial charge on any atom is -0.380 e. The Kier molecular flexibility index (Phi) is 5.62. The van der Waals surface area contributed by atoms with Gasteiger partial charge in [0.05, 0.1) is 12.8 Å². The van der Waals surface area contributed by atoms with Crippen LogP contribution < -0.4 is 11.1 Å². The van der Waals surface area contributed by atoms with Gasteiger partial charge in [-0.05, 0) is 12.3 Å². The first-order valence-electron chi connectivity index (χ1n) is 5.69. The molecule has 0 amide bonds. The third kappa shape index (κ3) is 5.44. The van der Waals surface area contributed by atoms with Crippen LogP contribution in [-0.2, 0) is 4.74 Å². The van der Waals surface area contributed by atoms with Crippen molar-refractivity contribution in [2.24, 2.45) is 5.92 Å². The number of nitrogens with two attached hydrogens (primary N) is 1. The summed E-state index contributed by atoms with van der Waals surface area (Å²) in [5.41, 5.74) is 5.35. The zero-order chi connectivity index (χ0) is 12.7. The summed E-state index contributed by atoms with van der Waals surface area (Å²) >= 11 is 0. The number of ether oxygens (including phenoxy) is 1. The zero-order valence-electron chi connectivity index (χ0n) is 10.2. The molecule has 5 nitrogen and oxygen atoms in total. The third-order valence-corrected chi connectivity index (χ3v) is 2.14. The first kappa shape index (κ1) is 13.6. The maximum atomic E-state index is 13.2. The molecule has 0 fully saturated rings. The average Bonchev–Trinajstić information content (AvgIpc) is 2.27. The number of nitrogens with one attached hydrogen (secondary N) is 1. The minimum absolute atomic E-state index is 0.0506. The third-order valence-electron chi connectivity index (χ3n) is 2.14. The van der Waals surface area contributed by atoms with Crippen LogP contribution in [-0.4, -0.2) is 29.7 Å². The number of nitrogen functional groups attached to an aromatic ring is 1. The lowest BCUT2D eigenvalue weighted by molar-refractivity contribution is 0.132. The smallest absolute Gasteiger partial charge is 0.222 e. The Morgan fingerprint density at radius 2 is 2.24 bits per heavy atom. The Morgan fingerprint density at radius 3 is 2.94 bits per heavy atom. The van der Waals surface area contributed by atoms with Crippen molar-refractivity contribution in [3.63, 3.8) is 0 Å². The van der Waals surface area contributed by atoms with Gasteiger partial charge in [0.1, 0.15) is 0 Å². The minimum atomic E-state index is -0.513. The highest BCUT2D eigenvalue weighted by molar-refractivity contribution is 5.38. The molecular formula is C11H19FN4O. The molecule has 0 spiro atoms. The highest BCUT2D eigenvalue weighted by Crippen LogP contribution is 2.09. The van der Waals surface area contributed by atoms with E-state index in [-0.39, 0.29) is 11.8 Å². The summed E-state index contributed by atoms with van der Waals surface area (Å²) in [7, 11) is 0. The van der Waals surface area contributed by atoms with E-state index in [0.717, 1.165) is 12.6 Å². The van der Waals surface area contributed by atoms with Crippen LogP contribution >= 0.6 is 0 Å². The molecule has 0 aliphatic heterocycles. The van der Waals surface area contributed by atoms with E-state index in [9.17, 15) is 4.39 Å². The summed E-state index contributed by atoms with van der Waals surface area (Å²) in [6.45, 7) is 6.00. The lowest BCUT2D eigenvalue weighted by Gasteiger charge is -2.08. The number of halogens is 1. The molecule has 0 saturated carbocycles. The van der Waals surface area contributed by atoms with E-state index in [2.05, 4.69) is 29.1 Å². The molecule has 3 N–H and O–H groups in total. The summed E-state index contributed by atoms with van der Waals surface area (Å²) in [4.78, 5) is 7.28. The largest absolute Gasteiger partial charge is 0.380 e. The van der Waals surface area contributed by atoms with Gasteiger partial charge >= 0.3 is 0 Å². The molecule has 0 aliphatic carbocycles. The molecule has 1 aromatic rings. The first-order chi connectivity index (χ1) is 8.09. The van der Waals surface area contributed by atoms with Gasteiger partial charge in [0, 0.05) is 13.2 Å². The van der Waals surface area contributed by atoms with Crippen molar-refractivity contribution in [3.8, 4) is 0 Å². The van der Waals surface area contributed by atoms with Crippen molar-refractivity contribution in [1.29, 1.82) is 0 Å². The van der Waals surface area contributed by atoms with E-state index in [1.54, 1.807) is 0 Å². The molecule has 6 heteroatoms. The van der Waals surface area contributed by atoms with E-state index in [0.29, 0.717) is 25.7 Å². The molecule has 0 radical (unpaired) electrons. The second-order valence-electron chi connectivity index (χ2n) is 4.15. The SMILES string of the molecule is CC(C)CCOCCNc1nc(N)ncc1F. The summed E-state index contributed by atoms with van der Waals surface area (Å²) in [6.07, 6.45) is 2.07. The summed E-state index contributed by atoms with van der Waals surface area (Å²) in [5.74, 6) is 0.281. The lowest BCUT2D eigenvalue weighted by Crippen LogP contribution is -2.13. The second-order valence-corrected chi connectivity index (χ2v) is 4.15. The molecule has 1 rings (SSSR count). The maximum absolute atomic E-state index is 13.2. The Hall–Kier alpha value is -1.43. The summed E-state index contributed by atoms with van der Waals surface area (Å²) in [5, 5.41) is 2.81. The average molecular weight is 242 g/mol. The fourth-order valence-electron chi connectivity index (χ4n) is 1.17. The second kappa shape index (κ2) is 7.01. The molecule has 1 aromatic heterocycles. The van der Waals surface area contributed by atoms with Crippen molar-refractivity contribution in [3.05, 3.63) is 12.0 Å². The maximum Gasteiger partial charge on any atom is 0.222 e. The monoisotopic (exact) mass is 242 g/mol. The van der Waals surface area contributed by atoms with Crippen molar-refractivity contribution in [1.82, 2.24) is 9.97 Å². The highest BCUT2D eigenvalue weighted by atomic mass is 19.1. The molecular weight excluding hydrogens is 223 g/mol. The quantitative estimate of drug-likeness (QED) is 0.711. The highest BCUT2D eigenvalue weighted by Gasteiger charge is 2.04. The predicted octanol–water partition coefficient (Wildman–Crippen LogP) is 1.67. The summed E-state index contributed by atoms with van der Waals surface area (Å²) < 4.78 is 18.5. The van der Waals surface area contributed by atoms with Gasteiger partial charge in [-0.1, -0.05) is 13.8 Å². The van der Waals surface area contributed by atoms with Gasteiger partial charge in [-0.3, -0.25) is 0 Å². The fourth-order valence-corrected chi connectivity index (χ4v) is 1.17. The van der Waals surface area contributed by atoms with Gasteiger partial charge in [-0.25, -0.2) is 9.37 Å². The molecule has 0 bridgehead atoms. The number of aromatic nitrogens is 2. The zero-order valence-corrected chi connectivity index (χ0v) is 10.2. The lowest BCUT2D eigenvalue weighted by atomic mass is 10.1. The van der Waals surface area contributed by atoms with Crippen molar-refractivity contribution >= 4 is 11.8 Å². The van der Waals surface area contributed by atoms with Crippen LogP contribution in [0.5, 0.6) is 0 Å². The number of rotatable bonds is 7. The normalized spacial score (nSPS) is 10.8. The molecule has 0 aliphatic rings. The standard InChI is InChI=1S/C11H19FN4O/c1-8(2)3-5-17-6-4-14-10-9(12)7-15-11(13)16-10/h7-8H,3-6H2,1-2H3,(H3,13,14,15,16). The van der Waals surface area contributed by atoms with Crippen molar-refractivity contribution < 1.29 is 9.13 Å². The topological polar surface area (TPSA) is 73.1 Å². The van der Waals surface area contributed by atoms with Crippen LogP contribution in [0.4, 0.5) is 16.2 Å². The predicted molar refractivity (Wildman–Crippen MR) is 65.2 cm³/mol. The van der Waals surface area contributed by atoms with Crippen LogP contribution in [0.15, 0.2) is 6.20 Å². The number of anilines is 2. The number of hydrogen-bond donors (Lipinski definition) is 2. The van der Waals surface area contributed by atoms with E-state index in [1.165, 1.54) is 0 Å². The van der Waals surface area contributed by atoms with Gasteiger partial charge in [-0.2, -0.15) is 4.98 Å². The van der Waals surface area contributed by atoms with E-state index in [1.807, 2.05) is 0 Å². The Morgan fingerprint density at radius 1 is 1.47 bits per heavy atom. The Bertz CT molecular complexity index is 346. The molecule has 1 heterocycles. The fraction of sp³-hybridized carbons (Fsp3) is 0.636. The van der Waals surface area contributed by atoms with Crippen LogP contribution in [0.3, 0.4) is 0 Å². The molecule has 17 heavy (non-hydrogen) atoms. The molecule has 0 aromatic carbocycles. The van der Waals surface area contributed by atoms with Crippen LogP contribution in [0.1, 0.15) is 20.3 Å². The summed E-state index contributed by atoms with van der Waals surface area (Å²) in [6, 6.07) is 0. The van der Waals surface area contributed by atoms with Crippen molar-refractivity contribution in [2.75, 3.05) is 30.8 Å². The number of nitrogens with zero attached hydrogens (tertiary/aromatic N) is 2. The van der Waals surface area contributed by atoms with Gasteiger partial charge in [0.15, 0.2) is 11.6 Å². The Labute approximate surface area is 101 Å². The molecule has 0 atom stereocenters. The van der Waals surface area contributed by atoms with E-state index < -0.39 is 5.82 Å². The molecule has 0 unspecified atom stereocenters.